The first kappa shape index (κ1) is 28.0. The Kier molecular flexibility index (Phi) is 9.58. The van der Waals surface area contributed by atoms with Crippen LogP contribution in [0.3, 0.4) is 0 Å². The standard InChI is InChI=1S/C31H30N4O5/c1-2-40-31(37)28(21-22-13-19-27(36)20-14-22)32-29(23-9-5-3-6-10-23)30(24-11-7-4-8-12-24)34-33-25-15-17-26(18-16-25)35(38)39/h3-20,28-29,32-33,36H,2,21H2,1H3/b34-30+/t28-,29+/m0/s1. The van der Waals surface area contributed by atoms with E-state index in [-0.39, 0.29) is 18.0 Å². The second-order valence-corrected chi connectivity index (χ2v) is 8.96. The van der Waals surface area contributed by atoms with Gasteiger partial charge in [-0.3, -0.25) is 25.7 Å². The summed E-state index contributed by atoms with van der Waals surface area (Å²) in [6.45, 7) is 1.99. The fraction of sp³-hybridized carbons (Fsp3) is 0.161. The molecule has 0 saturated carbocycles. The van der Waals surface area contributed by atoms with Gasteiger partial charge in [-0.25, -0.2) is 0 Å². The molecule has 9 nitrogen and oxygen atoms in total. The topological polar surface area (TPSA) is 126 Å². The third-order valence-electron chi connectivity index (χ3n) is 6.17. The smallest absolute Gasteiger partial charge is 0.323 e. The third kappa shape index (κ3) is 7.52. The molecule has 0 aliphatic heterocycles. The molecule has 40 heavy (non-hydrogen) atoms. The zero-order valence-electron chi connectivity index (χ0n) is 21.9. The van der Waals surface area contributed by atoms with Crippen LogP contribution in [0, 0.1) is 10.1 Å². The van der Waals surface area contributed by atoms with E-state index < -0.39 is 23.0 Å². The highest BCUT2D eigenvalue weighted by Gasteiger charge is 2.28. The fourth-order valence-electron chi connectivity index (χ4n) is 4.19. The lowest BCUT2D eigenvalue weighted by Gasteiger charge is -2.27. The summed E-state index contributed by atoms with van der Waals surface area (Å²) in [6.07, 6.45) is 0.320. The predicted octanol–water partition coefficient (Wildman–Crippen LogP) is 5.62. The Balaban J connectivity index is 1.74. The molecular formula is C31H30N4O5. The van der Waals surface area contributed by atoms with Crippen LogP contribution in [-0.2, 0) is 16.0 Å². The number of hydrazone groups is 1. The number of phenolic OH excluding ortho intramolecular Hbond substituents is 1. The predicted molar refractivity (Wildman–Crippen MR) is 154 cm³/mol. The highest BCUT2D eigenvalue weighted by molar-refractivity contribution is 6.05. The molecule has 0 spiro atoms. The summed E-state index contributed by atoms with van der Waals surface area (Å²) >= 11 is 0. The number of phenols is 1. The third-order valence-corrected chi connectivity index (χ3v) is 6.17. The summed E-state index contributed by atoms with van der Waals surface area (Å²) in [6, 6.07) is 30.6. The number of rotatable bonds is 12. The summed E-state index contributed by atoms with van der Waals surface area (Å²) in [5, 5.41) is 29.0. The number of carbonyl (C=O) groups excluding carboxylic acids is 1. The van der Waals surface area contributed by atoms with Gasteiger partial charge in [-0.1, -0.05) is 72.8 Å². The maximum atomic E-state index is 13.2. The van der Waals surface area contributed by atoms with Crippen LogP contribution in [0.1, 0.15) is 29.7 Å². The van der Waals surface area contributed by atoms with E-state index in [2.05, 4.69) is 10.7 Å². The number of nitro benzene ring substituents is 1. The first-order chi connectivity index (χ1) is 19.4. The molecule has 0 saturated heterocycles. The number of ether oxygens (including phenoxy) is 1. The Bertz CT molecular complexity index is 1430. The number of benzene rings is 4. The van der Waals surface area contributed by atoms with E-state index in [1.54, 1.807) is 43.3 Å². The Morgan fingerprint density at radius 3 is 2.15 bits per heavy atom. The van der Waals surface area contributed by atoms with Crippen LogP contribution >= 0.6 is 0 Å². The summed E-state index contributed by atoms with van der Waals surface area (Å²) in [4.78, 5) is 23.8. The van der Waals surface area contributed by atoms with Gasteiger partial charge >= 0.3 is 5.97 Å². The maximum absolute atomic E-state index is 13.2. The average Bonchev–Trinajstić information content (AvgIpc) is 2.98. The number of nitro groups is 1. The van der Waals surface area contributed by atoms with E-state index in [0.717, 1.165) is 16.7 Å². The summed E-state index contributed by atoms with van der Waals surface area (Å²) in [5.74, 6) is -0.269. The van der Waals surface area contributed by atoms with Crippen LogP contribution in [0.5, 0.6) is 5.75 Å². The zero-order chi connectivity index (χ0) is 28.3. The number of aromatic hydroxyl groups is 1. The van der Waals surface area contributed by atoms with Crippen molar-refractivity contribution in [1.29, 1.82) is 0 Å². The molecule has 0 heterocycles. The zero-order valence-corrected chi connectivity index (χ0v) is 21.9. The molecule has 0 aromatic heterocycles. The Hall–Kier alpha value is -5.02. The van der Waals surface area contributed by atoms with E-state index in [9.17, 15) is 20.0 Å². The minimum atomic E-state index is -0.733. The van der Waals surface area contributed by atoms with Crippen molar-refractivity contribution in [3.8, 4) is 5.75 Å². The normalized spacial score (nSPS) is 12.8. The van der Waals surface area contributed by atoms with Crippen LogP contribution in [0.15, 0.2) is 114 Å². The SMILES string of the molecule is CCOC(=O)[C@H](Cc1ccc(O)cc1)N[C@@H](/C(=N/Nc1ccc([N+](=O)[O-])cc1)c1ccccc1)c1ccccc1. The Morgan fingerprint density at radius 2 is 1.55 bits per heavy atom. The van der Waals surface area contributed by atoms with Gasteiger partial charge in [-0.05, 0) is 54.3 Å². The lowest BCUT2D eigenvalue weighted by Crippen LogP contribution is -2.44. The Morgan fingerprint density at radius 1 is 0.925 bits per heavy atom. The fourth-order valence-corrected chi connectivity index (χ4v) is 4.19. The first-order valence-corrected chi connectivity index (χ1v) is 12.8. The number of hydrogen-bond acceptors (Lipinski definition) is 8. The largest absolute Gasteiger partial charge is 0.508 e. The van der Waals surface area contributed by atoms with E-state index >= 15 is 0 Å². The number of esters is 1. The molecule has 0 aliphatic carbocycles. The van der Waals surface area contributed by atoms with Crippen LogP contribution in [0.4, 0.5) is 11.4 Å². The molecule has 9 heteroatoms. The van der Waals surface area contributed by atoms with E-state index in [4.69, 9.17) is 9.84 Å². The molecule has 2 atom stereocenters. The van der Waals surface area contributed by atoms with Gasteiger partial charge in [0.1, 0.15) is 11.8 Å². The monoisotopic (exact) mass is 538 g/mol. The lowest BCUT2D eigenvalue weighted by molar-refractivity contribution is -0.384. The van der Waals surface area contributed by atoms with E-state index in [1.807, 2.05) is 60.7 Å². The molecule has 0 radical (unpaired) electrons. The molecule has 0 fully saturated rings. The van der Waals surface area contributed by atoms with E-state index in [0.29, 0.717) is 17.8 Å². The highest BCUT2D eigenvalue weighted by atomic mass is 16.6. The number of nitrogens with zero attached hydrogens (tertiary/aromatic N) is 2. The van der Waals surface area contributed by atoms with Gasteiger partial charge in [0.2, 0.25) is 0 Å². The van der Waals surface area contributed by atoms with Gasteiger partial charge in [0.25, 0.3) is 5.69 Å². The number of carbonyl (C=O) groups is 1. The first-order valence-electron chi connectivity index (χ1n) is 12.8. The Labute approximate surface area is 232 Å². The van der Waals surface area contributed by atoms with E-state index in [1.165, 1.54) is 12.1 Å². The van der Waals surface area contributed by atoms with Gasteiger partial charge in [0.05, 0.1) is 29.0 Å². The second kappa shape index (κ2) is 13.7. The van der Waals surface area contributed by atoms with Crippen molar-refractivity contribution in [1.82, 2.24) is 5.32 Å². The number of nitrogens with one attached hydrogen (secondary N) is 2. The van der Waals surface area contributed by atoms with Crippen LogP contribution in [-0.4, -0.2) is 34.4 Å². The quantitative estimate of drug-likeness (QED) is 0.0925. The van der Waals surface area contributed by atoms with Crippen molar-refractivity contribution in [3.05, 3.63) is 136 Å². The van der Waals surface area contributed by atoms with Crippen molar-refractivity contribution < 1.29 is 19.6 Å². The minimum Gasteiger partial charge on any atom is -0.508 e. The lowest BCUT2D eigenvalue weighted by atomic mass is 9.94. The van der Waals surface area contributed by atoms with Gasteiger partial charge in [0.15, 0.2) is 0 Å². The van der Waals surface area contributed by atoms with Crippen LogP contribution < -0.4 is 10.7 Å². The molecule has 4 rings (SSSR count). The number of anilines is 1. The van der Waals surface area contributed by atoms with Gasteiger partial charge in [-0.2, -0.15) is 5.10 Å². The van der Waals surface area contributed by atoms with Crippen molar-refractivity contribution in [3.63, 3.8) is 0 Å². The molecule has 0 aliphatic rings. The molecule has 4 aromatic carbocycles. The number of non-ortho nitro benzene ring substituents is 1. The number of hydrogen-bond donors (Lipinski definition) is 3. The van der Waals surface area contributed by atoms with Crippen molar-refractivity contribution >= 4 is 23.1 Å². The molecule has 0 unspecified atom stereocenters. The van der Waals surface area contributed by atoms with Crippen LogP contribution in [0.2, 0.25) is 0 Å². The molecular weight excluding hydrogens is 508 g/mol. The summed E-state index contributed by atoms with van der Waals surface area (Å²) in [7, 11) is 0. The molecule has 0 amide bonds. The minimum absolute atomic E-state index is 0.0202. The van der Waals surface area contributed by atoms with Crippen LogP contribution in [0.25, 0.3) is 0 Å². The highest BCUT2D eigenvalue weighted by Crippen LogP contribution is 2.23. The van der Waals surface area contributed by atoms with Crippen molar-refractivity contribution in [2.75, 3.05) is 12.0 Å². The maximum Gasteiger partial charge on any atom is 0.323 e. The summed E-state index contributed by atoms with van der Waals surface area (Å²) in [5.41, 5.74) is 6.70. The van der Waals surface area contributed by atoms with Crippen molar-refractivity contribution in [2.45, 2.75) is 25.4 Å². The summed E-state index contributed by atoms with van der Waals surface area (Å²) < 4.78 is 5.42. The van der Waals surface area contributed by atoms with Gasteiger partial charge < -0.3 is 9.84 Å². The van der Waals surface area contributed by atoms with Crippen molar-refractivity contribution in [2.24, 2.45) is 5.10 Å². The van der Waals surface area contributed by atoms with Gasteiger partial charge in [-0.15, -0.1) is 0 Å². The second-order valence-electron chi connectivity index (χ2n) is 8.96. The molecule has 3 N–H and O–H groups in total. The molecule has 204 valence electrons. The molecule has 4 aromatic rings. The molecule has 0 bridgehead atoms. The van der Waals surface area contributed by atoms with Gasteiger partial charge in [0, 0.05) is 12.1 Å². The average molecular weight is 539 g/mol.